The van der Waals surface area contributed by atoms with E-state index in [4.69, 9.17) is 10.5 Å². The van der Waals surface area contributed by atoms with Gasteiger partial charge in [0.1, 0.15) is 5.82 Å². The number of aromatic nitrogens is 1. The Bertz CT molecular complexity index is 326. The van der Waals surface area contributed by atoms with E-state index < -0.39 is 0 Å². The number of anilines is 1. The molecule has 0 aromatic carbocycles. The van der Waals surface area contributed by atoms with Crippen molar-refractivity contribution < 1.29 is 4.74 Å². The standard InChI is InChI=1S/C13H23N3O/c1-4-8-15-12(11(5-2)17-3)10-7-6-9-16-13(10)14/h6-7,9,11-12,15H,4-5,8H2,1-3H3,(H2,14,16). The lowest BCUT2D eigenvalue weighted by atomic mass is 10.00. The van der Waals surface area contributed by atoms with E-state index >= 15 is 0 Å². The average Bonchev–Trinajstić information content (AvgIpc) is 2.36. The Labute approximate surface area is 104 Å². The number of nitrogens with two attached hydrogens (primary N) is 1. The summed E-state index contributed by atoms with van der Waals surface area (Å²) in [6.07, 6.45) is 3.85. The Morgan fingerprint density at radius 2 is 2.24 bits per heavy atom. The van der Waals surface area contributed by atoms with Gasteiger partial charge in [0.15, 0.2) is 0 Å². The van der Waals surface area contributed by atoms with Crippen LogP contribution in [0.1, 0.15) is 38.3 Å². The predicted molar refractivity (Wildman–Crippen MR) is 70.8 cm³/mol. The second kappa shape index (κ2) is 7.25. The Kier molecular flexibility index (Phi) is 5.94. The van der Waals surface area contributed by atoms with Gasteiger partial charge in [-0.25, -0.2) is 4.98 Å². The maximum atomic E-state index is 5.93. The summed E-state index contributed by atoms with van der Waals surface area (Å²) < 4.78 is 5.52. The number of rotatable bonds is 7. The number of hydrogen-bond donors (Lipinski definition) is 2. The maximum Gasteiger partial charge on any atom is 0.128 e. The fourth-order valence-corrected chi connectivity index (χ4v) is 1.97. The highest BCUT2D eigenvalue weighted by Gasteiger charge is 2.22. The van der Waals surface area contributed by atoms with E-state index in [9.17, 15) is 0 Å². The van der Waals surface area contributed by atoms with Gasteiger partial charge in [0.05, 0.1) is 12.1 Å². The SMILES string of the molecule is CCCNC(c1cccnc1N)C(CC)OC. The molecule has 4 nitrogen and oxygen atoms in total. The van der Waals surface area contributed by atoms with Crippen molar-refractivity contribution in [3.63, 3.8) is 0 Å². The maximum absolute atomic E-state index is 5.93. The van der Waals surface area contributed by atoms with Crippen LogP contribution in [-0.4, -0.2) is 24.7 Å². The molecule has 0 bridgehead atoms. The van der Waals surface area contributed by atoms with E-state index in [-0.39, 0.29) is 12.1 Å². The third-order valence-electron chi connectivity index (χ3n) is 2.90. The van der Waals surface area contributed by atoms with E-state index in [0.29, 0.717) is 5.82 Å². The molecular formula is C13H23N3O. The van der Waals surface area contributed by atoms with Crippen LogP contribution >= 0.6 is 0 Å². The molecule has 0 aliphatic rings. The van der Waals surface area contributed by atoms with Crippen LogP contribution in [0.25, 0.3) is 0 Å². The van der Waals surface area contributed by atoms with Crippen LogP contribution in [0.4, 0.5) is 5.82 Å². The zero-order valence-corrected chi connectivity index (χ0v) is 10.9. The van der Waals surface area contributed by atoms with Crippen LogP contribution < -0.4 is 11.1 Å². The van der Waals surface area contributed by atoms with Gasteiger partial charge in [0.2, 0.25) is 0 Å². The molecule has 0 spiro atoms. The average molecular weight is 237 g/mol. The lowest BCUT2D eigenvalue weighted by Crippen LogP contribution is -2.34. The molecule has 1 heterocycles. The van der Waals surface area contributed by atoms with Crippen molar-refractivity contribution in [1.82, 2.24) is 10.3 Å². The third kappa shape index (κ3) is 3.68. The first-order chi connectivity index (χ1) is 8.24. The van der Waals surface area contributed by atoms with E-state index in [1.165, 1.54) is 0 Å². The fourth-order valence-electron chi connectivity index (χ4n) is 1.97. The smallest absolute Gasteiger partial charge is 0.128 e. The van der Waals surface area contributed by atoms with Gasteiger partial charge in [0.25, 0.3) is 0 Å². The highest BCUT2D eigenvalue weighted by Crippen LogP contribution is 2.24. The molecule has 0 radical (unpaired) electrons. The zero-order valence-electron chi connectivity index (χ0n) is 10.9. The Hall–Kier alpha value is -1.13. The Balaban J connectivity index is 2.92. The molecule has 0 fully saturated rings. The fraction of sp³-hybridized carbons (Fsp3) is 0.615. The highest BCUT2D eigenvalue weighted by molar-refractivity contribution is 5.41. The van der Waals surface area contributed by atoms with Crippen LogP contribution in [0.2, 0.25) is 0 Å². The van der Waals surface area contributed by atoms with Crippen molar-refractivity contribution >= 4 is 5.82 Å². The van der Waals surface area contributed by atoms with Gasteiger partial charge in [-0.05, 0) is 25.5 Å². The van der Waals surface area contributed by atoms with Crippen LogP contribution in [0.3, 0.4) is 0 Å². The summed E-state index contributed by atoms with van der Waals surface area (Å²) in [7, 11) is 1.74. The van der Waals surface area contributed by atoms with Crippen molar-refractivity contribution in [2.45, 2.75) is 38.8 Å². The molecule has 0 amide bonds. The summed E-state index contributed by atoms with van der Waals surface area (Å²) in [6, 6.07) is 4.03. The summed E-state index contributed by atoms with van der Waals surface area (Å²) >= 11 is 0. The normalized spacial score (nSPS) is 14.5. The number of nitrogen functional groups attached to an aromatic ring is 1. The van der Waals surface area contributed by atoms with Gasteiger partial charge in [-0.1, -0.05) is 19.9 Å². The second-order valence-electron chi connectivity index (χ2n) is 4.09. The van der Waals surface area contributed by atoms with Gasteiger partial charge < -0.3 is 15.8 Å². The first-order valence-corrected chi connectivity index (χ1v) is 6.21. The molecule has 3 N–H and O–H groups in total. The minimum atomic E-state index is 0.110. The largest absolute Gasteiger partial charge is 0.383 e. The van der Waals surface area contributed by atoms with E-state index in [0.717, 1.165) is 24.9 Å². The molecule has 1 aromatic heterocycles. The van der Waals surface area contributed by atoms with Crippen molar-refractivity contribution in [1.29, 1.82) is 0 Å². The van der Waals surface area contributed by atoms with Gasteiger partial charge in [-0.2, -0.15) is 0 Å². The summed E-state index contributed by atoms with van der Waals surface area (Å²) in [6.45, 7) is 5.20. The lowest BCUT2D eigenvalue weighted by molar-refractivity contribution is 0.0652. The van der Waals surface area contributed by atoms with Gasteiger partial charge in [-0.15, -0.1) is 0 Å². The Morgan fingerprint density at radius 1 is 1.47 bits per heavy atom. The molecule has 1 aromatic rings. The molecular weight excluding hydrogens is 214 g/mol. The highest BCUT2D eigenvalue weighted by atomic mass is 16.5. The number of pyridine rings is 1. The second-order valence-corrected chi connectivity index (χ2v) is 4.09. The van der Waals surface area contributed by atoms with Crippen LogP contribution in [0, 0.1) is 0 Å². The summed E-state index contributed by atoms with van der Waals surface area (Å²) in [5.41, 5.74) is 6.96. The molecule has 0 aliphatic heterocycles. The third-order valence-corrected chi connectivity index (χ3v) is 2.90. The zero-order chi connectivity index (χ0) is 12.7. The van der Waals surface area contributed by atoms with Gasteiger partial charge in [-0.3, -0.25) is 0 Å². The summed E-state index contributed by atoms with van der Waals surface area (Å²) in [4.78, 5) is 4.14. The summed E-state index contributed by atoms with van der Waals surface area (Å²) in [5, 5.41) is 3.48. The molecule has 0 aliphatic carbocycles. The molecule has 2 unspecified atom stereocenters. The van der Waals surface area contributed by atoms with Crippen LogP contribution in [0.15, 0.2) is 18.3 Å². The first kappa shape index (κ1) is 13.9. The van der Waals surface area contributed by atoms with Crippen molar-refractivity contribution in [3.05, 3.63) is 23.9 Å². The molecule has 1 rings (SSSR count). The number of ether oxygens (including phenoxy) is 1. The van der Waals surface area contributed by atoms with Crippen LogP contribution in [0.5, 0.6) is 0 Å². The molecule has 0 saturated carbocycles. The van der Waals surface area contributed by atoms with E-state index in [1.807, 2.05) is 12.1 Å². The molecule has 4 heteroatoms. The number of nitrogens with zero attached hydrogens (tertiary/aromatic N) is 1. The quantitative estimate of drug-likeness (QED) is 0.762. The molecule has 96 valence electrons. The molecule has 2 atom stereocenters. The summed E-state index contributed by atoms with van der Waals surface area (Å²) in [5.74, 6) is 0.580. The number of hydrogen-bond acceptors (Lipinski definition) is 4. The minimum Gasteiger partial charge on any atom is -0.383 e. The Morgan fingerprint density at radius 3 is 2.76 bits per heavy atom. The van der Waals surface area contributed by atoms with Crippen molar-refractivity contribution in [3.8, 4) is 0 Å². The van der Waals surface area contributed by atoms with Gasteiger partial charge >= 0.3 is 0 Å². The van der Waals surface area contributed by atoms with Crippen LogP contribution in [-0.2, 0) is 4.74 Å². The number of nitrogens with one attached hydrogen (secondary N) is 1. The minimum absolute atomic E-state index is 0.110. The topological polar surface area (TPSA) is 60.2 Å². The molecule has 0 saturated heterocycles. The van der Waals surface area contributed by atoms with Crippen molar-refractivity contribution in [2.75, 3.05) is 19.4 Å². The van der Waals surface area contributed by atoms with E-state index in [1.54, 1.807) is 13.3 Å². The molecule has 17 heavy (non-hydrogen) atoms. The first-order valence-electron chi connectivity index (χ1n) is 6.21. The lowest BCUT2D eigenvalue weighted by Gasteiger charge is -2.27. The number of methoxy groups -OCH3 is 1. The predicted octanol–water partition coefficient (Wildman–Crippen LogP) is 2.13. The monoisotopic (exact) mass is 237 g/mol. The van der Waals surface area contributed by atoms with Gasteiger partial charge in [0, 0.05) is 18.9 Å². The van der Waals surface area contributed by atoms with Crippen molar-refractivity contribution in [2.24, 2.45) is 0 Å². The van der Waals surface area contributed by atoms with E-state index in [2.05, 4.69) is 24.1 Å².